The van der Waals surface area contributed by atoms with Gasteiger partial charge in [0.25, 0.3) is 0 Å². The van der Waals surface area contributed by atoms with E-state index in [0.717, 1.165) is 22.8 Å². The summed E-state index contributed by atoms with van der Waals surface area (Å²) in [4.78, 5) is 2.14. The van der Waals surface area contributed by atoms with Gasteiger partial charge in [-0.25, -0.2) is 0 Å². The molecule has 0 atom stereocenters. The molecule has 0 aliphatic rings. The molecule has 92 valence electrons. The normalized spacial score (nSPS) is 10.1. The molecular formula is C16H16ClN. The van der Waals surface area contributed by atoms with Crippen molar-refractivity contribution >= 4 is 17.3 Å². The first-order valence-corrected chi connectivity index (χ1v) is 6.24. The van der Waals surface area contributed by atoms with Crippen LogP contribution in [0.15, 0.2) is 61.2 Å². The molecule has 0 aliphatic heterocycles. The van der Waals surface area contributed by atoms with Crippen molar-refractivity contribution in [3.63, 3.8) is 0 Å². The molecule has 0 saturated heterocycles. The van der Waals surface area contributed by atoms with E-state index in [1.54, 1.807) is 0 Å². The van der Waals surface area contributed by atoms with E-state index in [2.05, 4.69) is 23.6 Å². The zero-order chi connectivity index (χ0) is 13.0. The van der Waals surface area contributed by atoms with Gasteiger partial charge in [-0.1, -0.05) is 60.6 Å². The topological polar surface area (TPSA) is 3.24 Å². The van der Waals surface area contributed by atoms with Crippen molar-refractivity contribution in [1.29, 1.82) is 0 Å². The predicted octanol–water partition coefficient (Wildman–Crippen LogP) is 4.44. The Morgan fingerprint density at radius 2 is 1.67 bits per heavy atom. The second-order valence-electron chi connectivity index (χ2n) is 4.30. The minimum absolute atomic E-state index is 0.747. The van der Waals surface area contributed by atoms with Crippen LogP contribution in [0, 0.1) is 0 Å². The summed E-state index contributed by atoms with van der Waals surface area (Å²) in [6.07, 6.45) is 0. The summed E-state index contributed by atoms with van der Waals surface area (Å²) in [6.45, 7) is 4.98. The first kappa shape index (κ1) is 12.7. The quantitative estimate of drug-likeness (QED) is 0.783. The summed E-state index contributed by atoms with van der Waals surface area (Å²) in [5, 5.41) is 0.747. The lowest BCUT2D eigenvalue weighted by atomic mass is 10.1. The molecule has 2 heteroatoms. The summed E-state index contributed by atoms with van der Waals surface area (Å²) in [5.41, 5.74) is 3.36. The van der Waals surface area contributed by atoms with E-state index < -0.39 is 0 Å². The van der Waals surface area contributed by atoms with Crippen LogP contribution < -0.4 is 0 Å². The van der Waals surface area contributed by atoms with E-state index in [9.17, 15) is 0 Å². The summed E-state index contributed by atoms with van der Waals surface area (Å²) >= 11 is 5.88. The van der Waals surface area contributed by atoms with E-state index in [4.69, 9.17) is 11.6 Å². The molecule has 2 rings (SSSR count). The monoisotopic (exact) mass is 257 g/mol. The zero-order valence-electron chi connectivity index (χ0n) is 10.4. The third-order valence-corrected chi connectivity index (χ3v) is 3.15. The third kappa shape index (κ3) is 3.14. The first-order valence-electron chi connectivity index (χ1n) is 5.87. The number of hydrogen-bond acceptors (Lipinski definition) is 1. The Morgan fingerprint density at radius 3 is 2.28 bits per heavy atom. The van der Waals surface area contributed by atoms with Crippen molar-refractivity contribution in [2.45, 2.75) is 6.54 Å². The van der Waals surface area contributed by atoms with E-state index in [1.165, 1.54) is 5.56 Å². The maximum atomic E-state index is 5.88. The molecular weight excluding hydrogens is 242 g/mol. The molecule has 2 aromatic carbocycles. The van der Waals surface area contributed by atoms with Gasteiger partial charge in [-0.05, 0) is 23.3 Å². The molecule has 0 unspecified atom stereocenters. The third-order valence-electron chi connectivity index (χ3n) is 2.90. The van der Waals surface area contributed by atoms with Crippen LogP contribution in [-0.4, -0.2) is 11.9 Å². The second kappa shape index (κ2) is 5.74. The Bertz CT molecular complexity index is 517. The van der Waals surface area contributed by atoms with Crippen LogP contribution in [0.25, 0.3) is 5.70 Å². The van der Waals surface area contributed by atoms with Gasteiger partial charge in [-0.2, -0.15) is 0 Å². The smallest absolute Gasteiger partial charge is 0.0426 e. The molecule has 0 heterocycles. The van der Waals surface area contributed by atoms with E-state index in [1.807, 2.05) is 49.5 Å². The molecule has 18 heavy (non-hydrogen) atoms. The Kier molecular flexibility index (Phi) is 4.06. The fraction of sp³-hybridized carbons (Fsp3) is 0.125. The molecule has 0 radical (unpaired) electrons. The van der Waals surface area contributed by atoms with Crippen molar-refractivity contribution < 1.29 is 0 Å². The molecule has 0 N–H and O–H groups in total. The highest BCUT2D eigenvalue weighted by molar-refractivity contribution is 6.30. The van der Waals surface area contributed by atoms with Gasteiger partial charge in [0.05, 0.1) is 0 Å². The number of rotatable bonds is 4. The van der Waals surface area contributed by atoms with Gasteiger partial charge in [0.15, 0.2) is 0 Å². The fourth-order valence-electron chi connectivity index (χ4n) is 1.82. The maximum absolute atomic E-state index is 5.88. The first-order chi connectivity index (χ1) is 8.66. The van der Waals surface area contributed by atoms with E-state index in [-0.39, 0.29) is 0 Å². The highest BCUT2D eigenvalue weighted by atomic mass is 35.5. The Morgan fingerprint density at radius 1 is 1.06 bits per heavy atom. The van der Waals surface area contributed by atoms with E-state index >= 15 is 0 Å². The van der Waals surface area contributed by atoms with Gasteiger partial charge in [-0.15, -0.1) is 0 Å². The summed E-state index contributed by atoms with van der Waals surface area (Å²) in [5.74, 6) is 0. The summed E-state index contributed by atoms with van der Waals surface area (Å²) in [6, 6.07) is 18.1. The predicted molar refractivity (Wildman–Crippen MR) is 78.4 cm³/mol. The Labute approximate surface area is 113 Å². The number of hydrogen-bond donors (Lipinski definition) is 0. The molecule has 0 amide bonds. The number of halogens is 1. The lowest BCUT2D eigenvalue weighted by molar-refractivity contribution is 0.476. The van der Waals surface area contributed by atoms with Crippen LogP contribution in [0.3, 0.4) is 0 Å². The van der Waals surface area contributed by atoms with Crippen LogP contribution >= 0.6 is 11.6 Å². The zero-order valence-corrected chi connectivity index (χ0v) is 11.2. The molecule has 0 fully saturated rings. The van der Waals surface area contributed by atoms with Gasteiger partial charge in [0.2, 0.25) is 0 Å². The van der Waals surface area contributed by atoms with Gasteiger partial charge >= 0.3 is 0 Å². The molecule has 0 saturated carbocycles. The SMILES string of the molecule is C=C(c1ccc(Cl)cc1)N(C)Cc1ccccc1. The Balaban J connectivity index is 2.07. The molecule has 0 spiro atoms. The minimum atomic E-state index is 0.747. The summed E-state index contributed by atoms with van der Waals surface area (Å²) < 4.78 is 0. The van der Waals surface area contributed by atoms with Crippen molar-refractivity contribution in [2.24, 2.45) is 0 Å². The lowest BCUT2D eigenvalue weighted by Crippen LogP contribution is -2.15. The standard InChI is InChI=1S/C16H16ClN/c1-13(15-8-10-16(17)11-9-15)18(2)12-14-6-4-3-5-7-14/h3-11H,1,12H2,2H3. The van der Waals surface area contributed by atoms with Crippen molar-refractivity contribution in [1.82, 2.24) is 4.90 Å². The van der Waals surface area contributed by atoms with Crippen LogP contribution in [0.2, 0.25) is 5.02 Å². The molecule has 0 aromatic heterocycles. The molecule has 2 aromatic rings. The van der Waals surface area contributed by atoms with Crippen molar-refractivity contribution in [3.05, 3.63) is 77.3 Å². The van der Waals surface area contributed by atoms with Crippen molar-refractivity contribution in [3.8, 4) is 0 Å². The summed E-state index contributed by atoms with van der Waals surface area (Å²) in [7, 11) is 2.05. The van der Waals surface area contributed by atoms with Gasteiger partial charge in [0, 0.05) is 24.3 Å². The van der Waals surface area contributed by atoms with Gasteiger partial charge in [0.1, 0.15) is 0 Å². The molecule has 0 aliphatic carbocycles. The highest BCUT2D eigenvalue weighted by Crippen LogP contribution is 2.20. The molecule has 0 bridgehead atoms. The van der Waals surface area contributed by atoms with Crippen LogP contribution in [0.1, 0.15) is 11.1 Å². The average Bonchev–Trinajstić information content (AvgIpc) is 2.40. The highest BCUT2D eigenvalue weighted by Gasteiger charge is 2.05. The maximum Gasteiger partial charge on any atom is 0.0426 e. The van der Waals surface area contributed by atoms with Gasteiger partial charge < -0.3 is 4.90 Å². The van der Waals surface area contributed by atoms with E-state index in [0.29, 0.717) is 0 Å². The number of nitrogens with zero attached hydrogens (tertiary/aromatic N) is 1. The fourth-order valence-corrected chi connectivity index (χ4v) is 1.94. The lowest BCUT2D eigenvalue weighted by Gasteiger charge is -2.22. The molecule has 1 nitrogen and oxygen atoms in total. The minimum Gasteiger partial charge on any atom is -0.370 e. The van der Waals surface area contributed by atoms with Gasteiger partial charge in [-0.3, -0.25) is 0 Å². The Hall–Kier alpha value is -1.73. The van der Waals surface area contributed by atoms with Crippen LogP contribution in [0.5, 0.6) is 0 Å². The van der Waals surface area contributed by atoms with Crippen molar-refractivity contribution in [2.75, 3.05) is 7.05 Å². The van der Waals surface area contributed by atoms with Crippen LogP contribution in [-0.2, 0) is 6.54 Å². The average molecular weight is 258 g/mol. The largest absolute Gasteiger partial charge is 0.370 e. The van der Waals surface area contributed by atoms with Crippen LogP contribution in [0.4, 0.5) is 0 Å². The number of benzene rings is 2. The second-order valence-corrected chi connectivity index (χ2v) is 4.73.